The number of nitrogens with zero attached hydrogens (tertiary/aromatic N) is 3. The molecule has 22 heavy (non-hydrogen) atoms. The lowest BCUT2D eigenvalue weighted by Gasteiger charge is -1.92. The van der Waals surface area contributed by atoms with Crippen molar-refractivity contribution >= 4 is 22.4 Å². The lowest BCUT2D eigenvalue weighted by molar-refractivity contribution is 0.386. The summed E-state index contributed by atoms with van der Waals surface area (Å²) in [5, 5.41) is 8.18. The number of hydrogen-bond donors (Lipinski definition) is 0. The number of oxazole rings is 1. The minimum atomic E-state index is 0.577. The Balaban J connectivity index is 1.65. The molecule has 0 aliphatic heterocycles. The predicted octanol–water partition coefficient (Wildman–Crippen LogP) is 4.09. The molecule has 0 radical (unpaired) electrons. The molecule has 1 aromatic carbocycles. The van der Waals surface area contributed by atoms with Crippen molar-refractivity contribution in [1.29, 1.82) is 0 Å². The highest BCUT2D eigenvalue weighted by molar-refractivity contribution is 7.07. The number of thiophene rings is 1. The van der Waals surface area contributed by atoms with Crippen molar-refractivity contribution in [1.82, 2.24) is 15.1 Å². The summed E-state index contributed by atoms with van der Waals surface area (Å²) < 4.78 is 10.9. The van der Waals surface area contributed by atoms with Gasteiger partial charge < -0.3 is 8.94 Å². The molecule has 3 aromatic heterocycles. The molecule has 0 saturated heterocycles. The van der Waals surface area contributed by atoms with E-state index >= 15 is 0 Å². The van der Waals surface area contributed by atoms with Crippen LogP contribution in [0.3, 0.4) is 0 Å². The van der Waals surface area contributed by atoms with Crippen LogP contribution in [0.25, 0.3) is 22.5 Å². The van der Waals surface area contributed by atoms with E-state index in [0.717, 1.165) is 29.0 Å². The van der Waals surface area contributed by atoms with E-state index in [1.165, 1.54) is 5.56 Å². The molecular formula is C16H13N3O2S. The SMILES string of the molecule is CCc1nc2cc(-c3noc(Cc4ccsc4)n3)ccc2o1. The van der Waals surface area contributed by atoms with Crippen LogP contribution < -0.4 is 0 Å². The number of aryl methyl sites for hydroxylation is 1. The first-order valence-corrected chi connectivity index (χ1v) is 7.99. The van der Waals surface area contributed by atoms with Gasteiger partial charge in [-0.2, -0.15) is 16.3 Å². The standard InChI is InChI=1S/C16H13N3O2S/c1-2-14-17-12-8-11(3-4-13(12)20-14)16-18-15(21-19-16)7-10-5-6-22-9-10/h3-6,8-9H,2,7H2,1H3. The molecule has 5 nitrogen and oxygen atoms in total. The van der Waals surface area contributed by atoms with E-state index in [-0.39, 0.29) is 0 Å². The molecule has 0 aliphatic carbocycles. The zero-order valence-electron chi connectivity index (χ0n) is 11.9. The fraction of sp³-hybridized carbons (Fsp3) is 0.188. The Morgan fingerprint density at radius 1 is 1.14 bits per heavy atom. The highest BCUT2D eigenvalue weighted by Gasteiger charge is 2.12. The monoisotopic (exact) mass is 311 g/mol. The molecule has 0 amide bonds. The maximum absolute atomic E-state index is 5.61. The lowest BCUT2D eigenvalue weighted by atomic mass is 10.2. The van der Waals surface area contributed by atoms with Crippen LogP contribution in [0.5, 0.6) is 0 Å². The Hall–Kier alpha value is -2.47. The van der Waals surface area contributed by atoms with Crippen molar-refractivity contribution in [3.05, 3.63) is 52.4 Å². The molecule has 3 heterocycles. The fourth-order valence-electron chi connectivity index (χ4n) is 2.28. The topological polar surface area (TPSA) is 65.0 Å². The average Bonchev–Trinajstić information content (AvgIpc) is 3.26. The van der Waals surface area contributed by atoms with Gasteiger partial charge in [-0.3, -0.25) is 0 Å². The van der Waals surface area contributed by atoms with Crippen molar-refractivity contribution in [2.75, 3.05) is 0 Å². The minimum Gasteiger partial charge on any atom is -0.441 e. The molecule has 0 atom stereocenters. The van der Waals surface area contributed by atoms with Crippen molar-refractivity contribution in [3.63, 3.8) is 0 Å². The van der Waals surface area contributed by atoms with Gasteiger partial charge >= 0.3 is 0 Å². The number of rotatable bonds is 4. The highest BCUT2D eigenvalue weighted by Crippen LogP contribution is 2.23. The number of hydrogen-bond acceptors (Lipinski definition) is 6. The van der Waals surface area contributed by atoms with Gasteiger partial charge in [0.15, 0.2) is 11.5 Å². The van der Waals surface area contributed by atoms with Gasteiger partial charge in [-0.15, -0.1) is 0 Å². The zero-order valence-corrected chi connectivity index (χ0v) is 12.8. The quantitative estimate of drug-likeness (QED) is 0.568. The Kier molecular flexibility index (Phi) is 3.23. The van der Waals surface area contributed by atoms with Gasteiger partial charge in [0.1, 0.15) is 5.52 Å². The normalized spacial score (nSPS) is 11.3. The van der Waals surface area contributed by atoms with E-state index in [2.05, 4.69) is 26.6 Å². The lowest BCUT2D eigenvalue weighted by Crippen LogP contribution is -1.86. The first kappa shape index (κ1) is 13.2. The van der Waals surface area contributed by atoms with Crippen LogP contribution in [0.2, 0.25) is 0 Å². The summed E-state index contributed by atoms with van der Waals surface area (Å²) >= 11 is 1.66. The Bertz CT molecular complexity index is 909. The van der Waals surface area contributed by atoms with E-state index < -0.39 is 0 Å². The van der Waals surface area contributed by atoms with Crippen molar-refractivity contribution in [2.45, 2.75) is 19.8 Å². The second-order valence-corrected chi connectivity index (χ2v) is 5.74. The van der Waals surface area contributed by atoms with Gasteiger partial charge in [-0.1, -0.05) is 12.1 Å². The third kappa shape index (κ3) is 2.42. The van der Waals surface area contributed by atoms with Gasteiger partial charge in [0.05, 0.1) is 6.42 Å². The van der Waals surface area contributed by atoms with Gasteiger partial charge in [0.25, 0.3) is 0 Å². The Morgan fingerprint density at radius 2 is 2.09 bits per heavy atom. The molecule has 0 bridgehead atoms. The van der Waals surface area contributed by atoms with Crippen LogP contribution in [-0.4, -0.2) is 15.1 Å². The molecule has 0 spiro atoms. The van der Waals surface area contributed by atoms with Crippen molar-refractivity contribution in [3.8, 4) is 11.4 Å². The number of fused-ring (bicyclic) bond motifs is 1. The van der Waals surface area contributed by atoms with Crippen LogP contribution in [0.15, 0.2) is 44.0 Å². The molecule has 4 rings (SSSR count). The van der Waals surface area contributed by atoms with Crippen LogP contribution in [0, 0.1) is 0 Å². The summed E-state index contributed by atoms with van der Waals surface area (Å²) in [6.45, 7) is 2.02. The van der Waals surface area contributed by atoms with E-state index in [0.29, 0.717) is 18.1 Å². The minimum absolute atomic E-state index is 0.577. The second kappa shape index (κ2) is 5.38. The average molecular weight is 311 g/mol. The summed E-state index contributed by atoms with van der Waals surface area (Å²) in [5.41, 5.74) is 3.66. The number of aromatic nitrogens is 3. The molecule has 110 valence electrons. The maximum atomic E-state index is 5.61. The molecule has 6 heteroatoms. The first-order chi connectivity index (χ1) is 10.8. The number of benzene rings is 1. The molecule has 0 fully saturated rings. The van der Waals surface area contributed by atoms with Crippen molar-refractivity contribution in [2.24, 2.45) is 0 Å². The van der Waals surface area contributed by atoms with E-state index in [1.807, 2.05) is 30.5 Å². The van der Waals surface area contributed by atoms with Crippen LogP contribution >= 0.6 is 11.3 Å². The van der Waals surface area contributed by atoms with Gasteiger partial charge in [-0.05, 0) is 40.6 Å². The van der Waals surface area contributed by atoms with Crippen LogP contribution in [-0.2, 0) is 12.8 Å². The summed E-state index contributed by atoms with van der Waals surface area (Å²) in [6.07, 6.45) is 1.43. The molecule has 0 unspecified atom stereocenters. The smallest absolute Gasteiger partial charge is 0.231 e. The summed E-state index contributed by atoms with van der Waals surface area (Å²) in [6, 6.07) is 7.80. The fourth-order valence-corrected chi connectivity index (χ4v) is 2.95. The van der Waals surface area contributed by atoms with Crippen LogP contribution in [0.4, 0.5) is 0 Å². The Labute approximate surface area is 130 Å². The van der Waals surface area contributed by atoms with Crippen LogP contribution in [0.1, 0.15) is 24.3 Å². The Morgan fingerprint density at radius 3 is 2.91 bits per heavy atom. The maximum Gasteiger partial charge on any atom is 0.231 e. The van der Waals surface area contributed by atoms with Gasteiger partial charge in [-0.25, -0.2) is 4.98 Å². The van der Waals surface area contributed by atoms with E-state index in [9.17, 15) is 0 Å². The predicted molar refractivity (Wildman–Crippen MR) is 83.8 cm³/mol. The van der Waals surface area contributed by atoms with Gasteiger partial charge in [0.2, 0.25) is 11.7 Å². The molecular weight excluding hydrogens is 298 g/mol. The second-order valence-electron chi connectivity index (χ2n) is 4.96. The summed E-state index contributed by atoms with van der Waals surface area (Å²) in [7, 11) is 0. The molecule has 0 saturated carbocycles. The van der Waals surface area contributed by atoms with E-state index in [4.69, 9.17) is 8.94 Å². The van der Waals surface area contributed by atoms with E-state index in [1.54, 1.807) is 11.3 Å². The van der Waals surface area contributed by atoms with Crippen molar-refractivity contribution < 1.29 is 8.94 Å². The molecule has 4 aromatic rings. The zero-order chi connectivity index (χ0) is 14.9. The molecule has 0 aliphatic rings. The largest absolute Gasteiger partial charge is 0.441 e. The summed E-state index contributed by atoms with van der Waals surface area (Å²) in [4.78, 5) is 8.89. The third-order valence-corrected chi connectivity index (χ3v) is 4.13. The first-order valence-electron chi connectivity index (χ1n) is 7.05. The molecule has 0 N–H and O–H groups in total. The van der Waals surface area contributed by atoms with Gasteiger partial charge in [0, 0.05) is 12.0 Å². The summed E-state index contributed by atoms with van der Waals surface area (Å²) in [5.74, 6) is 1.93. The highest BCUT2D eigenvalue weighted by atomic mass is 32.1. The third-order valence-electron chi connectivity index (χ3n) is 3.40.